The van der Waals surface area contributed by atoms with Crippen molar-refractivity contribution in [3.63, 3.8) is 0 Å². The minimum atomic E-state index is -0.616. The van der Waals surface area contributed by atoms with Gasteiger partial charge in [-0.25, -0.2) is 8.78 Å². The Bertz CT molecular complexity index is 955. The van der Waals surface area contributed by atoms with Crippen LogP contribution >= 0.6 is 0 Å². The topological polar surface area (TPSA) is 68.0 Å². The number of rotatable bonds is 6. The number of nitrogens with one attached hydrogen (secondary N) is 1. The largest absolute Gasteiger partial charge is 0.366 e. The summed E-state index contributed by atoms with van der Waals surface area (Å²) in [5, 5.41) is 3.15. The minimum Gasteiger partial charge on any atom is -0.366 e. The van der Waals surface area contributed by atoms with Crippen LogP contribution in [0.3, 0.4) is 0 Å². The number of primary amides is 1. The number of likely N-dealkylation sites (N-methyl/N-ethyl adjacent to an activating group) is 1. The van der Waals surface area contributed by atoms with E-state index in [0.717, 1.165) is 17.2 Å². The second-order valence-corrected chi connectivity index (χ2v) is 6.20. The molecule has 6 heteroatoms. The predicted octanol–water partition coefficient (Wildman–Crippen LogP) is 3.63. The van der Waals surface area contributed by atoms with Gasteiger partial charge in [0, 0.05) is 23.4 Å². The van der Waals surface area contributed by atoms with Crippen molar-refractivity contribution in [3.05, 3.63) is 89.2 Å². The summed E-state index contributed by atoms with van der Waals surface area (Å²) in [6.45, 7) is 0. The molecule has 0 aliphatic heterocycles. The number of amides is 1. The molecule has 3 aromatic rings. The average molecular weight is 367 g/mol. The Morgan fingerprint density at radius 1 is 1.11 bits per heavy atom. The maximum atomic E-state index is 13.5. The van der Waals surface area contributed by atoms with E-state index in [9.17, 15) is 13.6 Å². The van der Waals surface area contributed by atoms with E-state index in [1.807, 2.05) is 12.1 Å². The number of carbonyl (C=O) groups excluding carboxylic acids is 1. The fourth-order valence-corrected chi connectivity index (χ4v) is 3.08. The van der Waals surface area contributed by atoms with Gasteiger partial charge in [-0.2, -0.15) is 0 Å². The van der Waals surface area contributed by atoms with Gasteiger partial charge in [0.2, 0.25) is 5.91 Å². The van der Waals surface area contributed by atoms with Crippen LogP contribution in [-0.4, -0.2) is 17.9 Å². The Hall–Kier alpha value is -3.12. The lowest BCUT2D eigenvalue weighted by atomic mass is 9.94. The molecule has 0 aliphatic rings. The number of hydrogen-bond acceptors (Lipinski definition) is 3. The van der Waals surface area contributed by atoms with Crippen LogP contribution in [0, 0.1) is 11.6 Å². The van der Waals surface area contributed by atoms with Crippen molar-refractivity contribution in [3.8, 4) is 11.1 Å². The van der Waals surface area contributed by atoms with Crippen molar-refractivity contribution >= 4 is 5.91 Å². The molecule has 0 radical (unpaired) electrons. The van der Waals surface area contributed by atoms with E-state index in [1.165, 1.54) is 12.1 Å². The van der Waals surface area contributed by atoms with Gasteiger partial charge in [0.1, 0.15) is 11.6 Å². The number of pyridine rings is 1. The molecular formula is C21H19F2N3O. The van der Waals surface area contributed by atoms with E-state index < -0.39 is 17.5 Å². The molecule has 0 saturated carbocycles. The molecule has 2 aromatic carbocycles. The lowest BCUT2D eigenvalue weighted by Gasteiger charge is -2.19. The predicted molar refractivity (Wildman–Crippen MR) is 100 cm³/mol. The lowest BCUT2D eigenvalue weighted by Crippen LogP contribution is -2.21. The summed E-state index contributed by atoms with van der Waals surface area (Å²) < 4.78 is 27.1. The lowest BCUT2D eigenvalue weighted by molar-refractivity contribution is 0.100. The first-order chi connectivity index (χ1) is 13.0. The number of carbonyl (C=O) groups is 1. The fraction of sp³-hybridized carbons (Fsp3) is 0.143. The van der Waals surface area contributed by atoms with Gasteiger partial charge in [-0.05, 0) is 54.9 Å². The van der Waals surface area contributed by atoms with Gasteiger partial charge in [0.15, 0.2) is 0 Å². The van der Waals surface area contributed by atoms with Crippen LogP contribution in [-0.2, 0) is 6.42 Å². The van der Waals surface area contributed by atoms with E-state index in [4.69, 9.17) is 5.73 Å². The second-order valence-electron chi connectivity index (χ2n) is 6.20. The summed E-state index contributed by atoms with van der Waals surface area (Å²) in [5.41, 5.74) is 8.62. The first-order valence-electron chi connectivity index (χ1n) is 8.45. The van der Waals surface area contributed by atoms with Crippen molar-refractivity contribution in [1.29, 1.82) is 0 Å². The number of nitrogens with two attached hydrogens (primary N) is 1. The van der Waals surface area contributed by atoms with Crippen molar-refractivity contribution in [1.82, 2.24) is 10.3 Å². The van der Waals surface area contributed by atoms with Crippen molar-refractivity contribution in [2.75, 3.05) is 7.05 Å². The van der Waals surface area contributed by atoms with Crippen LogP contribution in [0.15, 0.2) is 60.8 Å². The smallest absolute Gasteiger partial charge is 0.248 e. The molecule has 3 N–H and O–H groups in total. The molecule has 0 bridgehead atoms. The third kappa shape index (κ3) is 4.35. The third-order valence-electron chi connectivity index (χ3n) is 4.34. The molecule has 1 aromatic heterocycles. The first-order valence-corrected chi connectivity index (χ1v) is 8.45. The average Bonchev–Trinajstić information content (AvgIpc) is 2.65. The molecule has 0 saturated heterocycles. The number of nitrogens with zero attached hydrogens (tertiary/aromatic N) is 1. The van der Waals surface area contributed by atoms with E-state index >= 15 is 0 Å². The molecule has 1 heterocycles. The molecule has 0 aliphatic carbocycles. The van der Waals surface area contributed by atoms with Crippen LogP contribution in [0.1, 0.15) is 27.7 Å². The summed E-state index contributed by atoms with van der Waals surface area (Å²) in [7, 11) is 1.76. The Labute approximate surface area is 156 Å². The number of benzene rings is 2. The van der Waals surface area contributed by atoms with Gasteiger partial charge in [-0.1, -0.05) is 18.2 Å². The van der Waals surface area contributed by atoms with Gasteiger partial charge in [-0.3, -0.25) is 9.78 Å². The summed E-state index contributed by atoms with van der Waals surface area (Å²) in [6.07, 6.45) is 2.01. The molecular weight excluding hydrogens is 348 g/mol. The van der Waals surface area contributed by atoms with Crippen molar-refractivity contribution in [2.24, 2.45) is 5.73 Å². The maximum absolute atomic E-state index is 13.5. The highest BCUT2D eigenvalue weighted by molar-refractivity contribution is 5.94. The van der Waals surface area contributed by atoms with Crippen molar-refractivity contribution < 1.29 is 13.6 Å². The third-order valence-corrected chi connectivity index (χ3v) is 4.34. The zero-order chi connectivity index (χ0) is 19.4. The molecule has 4 nitrogen and oxygen atoms in total. The van der Waals surface area contributed by atoms with E-state index in [2.05, 4.69) is 10.3 Å². The molecule has 1 unspecified atom stereocenters. The first kappa shape index (κ1) is 18.7. The van der Waals surface area contributed by atoms with Gasteiger partial charge in [0.05, 0.1) is 11.7 Å². The zero-order valence-corrected chi connectivity index (χ0v) is 14.7. The normalized spacial score (nSPS) is 12.0. The van der Waals surface area contributed by atoms with Crippen LogP contribution in [0.25, 0.3) is 11.1 Å². The molecule has 3 rings (SSSR count). The quantitative estimate of drug-likeness (QED) is 0.699. The summed E-state index contributed by atoms with van der Waals surface area (Å²) >= 11 is 0. The standard InChI is InChI=1S/C21H19F2N3O/c1-25-19(10-13-8-16(22)12-17(23)9-13)20-18(6-3-7-26-20)14-4-2-5-15(11-14)21(24)27/h2-9,11-12,19,25H,10H2,1H3,(H2,24,27). The van der Waals surface area contributed by atoms with Crippen LogP contribution < -0.4 is 11.1 Å². The van der Waals surface area contributed by atoms with Gasteiger partial charge < -0.3 is 11.1 Å². The van der Waals surface area contributed by atoms with Crippen molar-refractivity contribution in [2.45, 2.75) is 12.5 Å². The fourth-order valence-electron chi connectivity index (χ4n) is 3.08. The molecule has 27 heavy (non-hydrogen) atoms. The van der Waals surface area contributed by atoms with E-state index in [0.29, 0.717) is 23.2 Å². The van der Waals surface area contributed by atoms with Crippen LogP contribution in [0.4, 0.5) is 8.78 Å². The van der Waals surface area contributed by atoms with Crippen LogP contribution in [0.5, 0.6) is 0 Å². The highest BCUT2D eigenvalue weighted by Gasteiger charge is 2.18. The summed E-state index contributed by atoms with van der Waals surface area (Å²) in [5.74, 6) is -1.74. The highest BCUT2D eigenvalue weighted by Crippen LogP contribution is 2.29. The SMILES string of the molecule is CNC(Cc1cc(F)cc(F)c1)c1ncccc1-c1cccc(C(N)=O)c1. The molecule has 0 fully saturated rings. The minimum absolute atomic E-state index is 0.278. The van der Waals surface area contributed by atoms with Crippen LogP contribution in [0.2, 0.25) is 0 Å². The number of hydrogen-bond donors (Lipinski definition) is 2. The number of aromatic nitrogens is 1. The Balaban J connectivity index is 2.00. The Morgan fingerprint density at radius 2 is 1.85 bits per heavy atom. The molecule has 1 atom stereocenters. The van der Waals surface area contributed by atoms with Gasteiger partial charge >= 0.3 is 0 Å². The monoisotopic (exact) mass is 367 g/mol. The summed E-state index contributed by atoms with van der Waals surface area (Å²) in [6, 6.07) is 13.8. The van der Waals surface area contributed by atoms with E-state index in [1.54, 1.807) is 37.5 Å². The van der Waals surface area contributed by atoms with Gasteiger partial charge in [-0.15, -0.1) is 0 Å². The van der Waals surface area contributed by atoms with Gasteiger partial charge in [0.25, 0.3) is 0 Å². The maximum Gasteiger partial charge on any atom is 0.248 e. The van der Waals surface area contributed by atoms with E-state index in [-0.39, 0.29) is 6.04 Å². The second kappa shape index (κ2) is 8.05. The highest BCUT2D eigenvalue weighted by atomic mass is 19.1. The zero-order valence-electron chi connectivity index (χ0n) is 14.7. The molecule has 0 spiro atoms. The summed E-state index contributed by atoms with van der Waals surface area (Å²) in [4.78, 5) is 16.0. The molecule has 138 valence electrons. The number of halogens is 2. The Morgan fingerprint density at radius 3 is 2.52 bits per heavy atom. The Kier molecular flexibility index (Phi) is 5.57. The molecule has 1 amide bonds.